The largest absolute Gasteiger partial charge is 0.379 e. The number of nitrogens with zero attached hydrogens (tertiary/aromatic N) is 3. The Bertz CT molecular complexity index is 1130. The highest BCUT2D eigenvalue weighted by Gasteiger charge is 2.26. The van der Waals surface area contributed by atoms with Crippen molar-refractivity contribution in [3.05, 3.63) is 59.9 Å². The zero-order valence-corrected chi connectivity index (χ0v) is 25.3. The normalized spacial score (nSPS) is 14.3. The highest BCUT2D eigenvalue weighted by Crippen LogP contribution is 2.26. The second-order valence-electron chi connectivity index (χ2n) is 10.3. The average Bonchev–Trinajstić information content (AvgIpc) is 3.48. The third kappa shape index (κ3) is 13.2. The van der Waals surface area contributed by atoms with E-state index in [-0.39, 0.29) is 38.2 Å². The van der Waals surface area contributed by atoms with Crippen molar-refractivity contribution in [3.63, 3.8) is 0 Å². The van der Waals surface area contributed by atoms with Gasteiger partial charge in [0, 0.05) is 37.8 Å². The highest BCUT2D eigenvalue weighted by molar-refractivity contribution is 7.92. The number of carbonyl (C=O) groups is 1. The molecule has 1 amide bonds. The maximum Gasteiger partial charge on any atom is 0.234 e. The topological polar surface area (TPSA) is 110 Å². The maximum absolute atomic E-state index is 13.2. The second-order valence-corrected chi connectivity index (χ2v) is 12.1. The average molecular weight is 607 g/mol. The number of amides is 1. The van der Waals surface area contributed by atoms with Crippen molar-refractivity contribution in [1.82, 2.24) is 14.8 Å². The van der Waals surface area contributed by atoms with Crippen LogP contribution in [0.4, 0.5) is 5.69 Å². The number of rotatable bonds is 20. The SMILES string of the molecule is C.CCCCOCCOCCOCCS(=O)(=O)Nc1cccc([C@@H](CN2CCCC2)N(C)C(=O)Cc2ccccn2)c1. The lowest BCUT2D eigenvalue weighted by atomic mass is 10.0. The minimum atomic E-state index is -3.62. The number of hydrogen-bond acceptors (Lipinski definition) is 8. The van der Waals surface area contributed by atoms with Crippen LogP contribution in [0.5, 0.6) is 0 Å². The molecule has 236 valence electrons. The molecule has 1 aromatic carbocycles. The van der Waals surface area contributed by atoms with Gasteiger partial charge in [0.05, 0.1) is 51.2 Å². The molecule has 2 aromatic rings. The Morgan fingerprint density at radius 3 is 2.36 bits per heavy atom. The van der Waals surface area contributed by atoms with Crippen molar-refractivity contribution in [2.45, 2.75) is 52.5 Å². The number of pyridine rings is 1. The predicted molar refractivity (Wildman–Crippen MR) is 167 cm³/mol. The molecule has 0 bridgehead atoms. The van der Waals surface area contributed by atoms with E-state index in [2.05, 4.69) is 21.5 Å². The molecule has 42 heavy (non-hydrogen) atoms. The Morgan fingerprint density at radius 2 is 1.69 bits per heavy atom. The van der Waals surface area contributed by atoms with Crippen molar-refractivity contribution in [2.75, 3.05) is 76.8 Å². The van der Waals surface area contributed by atoms with Crippen molar-refractivity contribution in [2.24, 2.45) is 0 Å². The van der Waals surface area contributed by atoms with Gasteiger partial charge in [0.25, 0.3) is 0 Å². The number of hydrogen-bond donors (Lipinski definition) is 1. The summed E-state index contributed by atoms with van der Waals surface area (Å²) in [5.74, 6) is -0.208. The summed E-state index contributed by atoms with van der Waals surface area (Å²) in [7, 11) is -1.81. The number of benzene rings is 1. The fourth-order valence-corrected chi connectivity index (χ4v) is 5.54. The van der Waals surface area contributed by atoms with Crippen LogP contribution >= 0.6 is 0 Å². The molecule has 10 nitrogen and oxygen atoms in total. The lowest BCUT2D eigenvalue weighted by molar-refractivity contribution is -0.131. The molecule has 1 aliphatic heterocycles. The van der Waals surface area contributed by atoms with Crippen LogP contribution in [0.1, 0.15) is 57.3 Å². The molecule has 1 saturated heterocycles. The first kappa shape index (κ1) is 35.6. The third-order valence-corrected chi connectivity index (χ3v) is 8.23. The number of likely N-dealkylation sites (N-methyl/N-ethyl adjacent to an activating group) is 1. The Labute approximate surface area is 252 Å². The summed E-state index contributed by atoms with van der Waals surface area (Å²) in [4.78, 5) is 21.6. The van der Waals surface area contributed by atoms with Crippen LogP contribution in [0.25, 0.3) is 0 Å². The molecule has 0 saturated carbocycles. The van der Waals surface area contributed by atoms with Crippen LogP contribution in [0.3, 0.4) is 0 Å². The van der Waals surface area contributed by atoms with Gasteiger partial charge in [0.1, 0.15) is 0 Å². The second kappa shape index (κ2) is 19.6. The minimum Gasteiger partial charge on any atom is -0.379 e. The van der Waals surface area contributed by atoms with Crippen molar-refractivity contribution in [3.8, 4) is 0 Å². The van der Waals surface area contributed by atoms with Gasteiger partial charge in [-0.2, -0.15) is 0 Å². The van der Waals surface area contributed by atoms with Crippen LogP contribution in [-0.2, 0) is 35.4 Å². The van der Waals surface area contributed by atoms with E-state index in [1.807, 2.05) is 43.4 Å². The smallest absolute Gasteiger partial charge is 0.234 e. The molecule has 2 heterocycles. The first-order chi connectivity index (χ1) is 19.9. The number of unbranched alkanes of at least 4 members (excludes halogenated alkanes) is 1. The number of sulfonamides is 1. The number of anilines is 1. The zero-order chi connectivity index (χ0) is 29.3. The van der Waals surface area contributed by atoms with E-state index in [0.717, 1.165) is 56.6 Å². The first-order valence-corrected chi connectivity index (χ1v) is 16.2. The van der Waals surface area contributed by atoms with E-state index in [1.54, 1.807) is 17.2 Å². The molecular weight excluding hydrogens is 556 g/mol. The molecule has 0 aliphatic carbocycles. The molecule has 1 fully saturated rings. The summed E-state index contributed by atoms with van der Waals surface area (Å²) in [6, 6.07) is 12.6. The standard InChI is InChI=1S/C30H46N4O6S.CH4/c1-3-4-16-38-17-18-39-19-20-40-21-22-41(36,37)32-28-12-9-10-26(23-28)29(25-34-14-7-8-15-34)33(2)30(35)24-27-11-5-6-13-31-27;/h5-6,9-13,23,29,32H,3-4,7-8,14-22,24-25H2,1-2H3;1H4/t29-;/m1./s1. The summed E-state index contributed by atoms with van der Waals surface area (Å²) in [5.41, 5.74) is 2.06. The van der Waals surface area contributed by atoms with Gasteiger partial charge in [0.15, 0.2) is 0 Å². The van der Waals surface area contributed by atoms with E-state index in [1.165, 1.54) is 0 Å². The van der Waals surface area contributed by atoms with Crippen LogP contribution in [0.2, 0.25) is 0 Å². The van der Waals surface area contributed by atoms with Gasteiger partial charge >= 0.3 is 0 Å². The van der Waals surface area contributed by atoms with Gasteiger partial charge < -0.3 is 24.0 Å². The molecule has 1 atom stereocenters. The van der Waals surface area contributed by atoms with E-state index in [4.69, 9.17) is 14.2 Å². The molecule has 1 aromatic heterocycles. The molecule has 0 spiro atoms. The predicted octanol–water partition coefficient (Wildman–Crippen LogP) is 4.15. The molecule has 1 N–H and O–H groups in total. The Morgan fingerprint density at radius 1 is 1.00 bits per heavy atom. The summed E-state index contributed by atoms with van der Waals surface area (Å²) >= 11 is 0. The lowest BCUT2D eigenvalue weighted by Gasteiger charge is -2.32. The Hall–Kier alpha value is -2.57. The fraction of sp³-hybridized carbons (Fsp3) is 0.613. The molecule has 11 heteroatoms. The van der Waals surface area contributed by atoms with Crippen LogP contribution in [0, 0.1) is 0 Å². The quantitative estimate of drug-likeness (QED) is 0.224. The Kier molecular flexibility index (Phi) is 16.6. The number of carbonyl (C=O) groups excluding carboxylic acids is 1. The molecule has 3 rings (SSSR count). The van der Waals surface area contributed by atoms with Gasteiger partial charge in [-0.05, 0) is 62.2 Å². The maximum atomic E-state index is 13.2. The van der Waals surface area contributed by atoms with Gasteiger partial charge in [0.2, 0.25) is 15.9 Å². The molecular formula is C31H50N4O6S. The van der Waals surface area contributed by atoms with Crippen molar-refractivity contribution >= 4 is 21.6 Å². The van der Waals surface area contributed by atoms with E-state index < -0.39 is 10.0 Å². The first-order valence-electron chi connectivity index (χ1n) is 14.6. The monoisotopic (exact) mass is 606 g/mol. The number of ether oxygens (including phenoxy) is 3. The van der Waals surface area contributed by atoms with Crippen molar-refractivity contribution in [1.29, 1.82) is 0 Å². The van der Waals surface area contributed by atoms with Crippen molar-refractivity contribution < 1.29 is 27.4 Å². The number of aromatic nitrogens is 1. The molecule has 0 radical (unpaired) electrons. The summed E-state index contributed by atoms with van der Waals surface area (Å²) < 4.78 is 44.5. The Balaban J connectivity index is 0.00000616. The fourth-order valence-electron chi connectivity index (χ4n) is 4.61. The summed E-state index contributed by atoms with van der Waals surface area (Å²) in [5, 5.41) is 0. The highest BCUT2D eigenvalue weighted by atomic mass is 32.2. The van der Waals surface area contributed by atoms with E-state index in [0.29, 0.717) is 38.7 Å². The van der Waals surface area contributed by atoms with Gasteiger partial charge in [-0.1, -0.05) is 39.0 Å². The zero-order valence-electron chi connectivity index (χ0n) is 24.5. The van der Waals surface area contributed by atoms with Crippen LogP contribution in [0.15, 0.2) is 48.7 Å². The van der Waals surface area contributed by atoms with E-state index in [9.17, 15) is 13.2 Å². The number of nitrogens with one attached hydrogen (secondary N) is 1. The summed E-state index contributed by atoms with van der Waals surface area (Å²) in [6.45, 7) is 7.32. The van der Waals surface area contributed by atoms with Crippen LogP contribution in [-0.4, -0.2) is 101 Å². The lowest BCUT2D eigenvalue weighted by Crippen LogP contribution is -2.39. The van der Waals surface area contributed by atoms with Gasteiger partial charge in [-0.15, -0.1) is 0 Å². The van der Waals surface area contributed by atoms with Gasteiger partial charge in [-0.3, -0.25) is 14.5 Å². The van der Waals surface area contributed by atoms with Gasteiger partial charge in [-0.25, -0.2) is 8.42 Å². The molecule has 0 unspecified atom stereocenters. The third-order valence-electron chi connectivity index (χ3n) is 6.98. The van der Waals surface area contributed by atoms with E-state index >= 15 is 0 Å². The summed E-state index contributed by atoms with van der Waals surface area (Å²) in [6.07, 6.45) is 6.31. The van der Waals surface area contributed by atoms with Crippen LogP contribution < -0.4 is 4.72 Å². The minimum absolute atomic E-state index is 0. The number of likely N-dealkylation sites (tertiary alicyclic amines) is 1. The molecule has 1 aliphatic rings.